The van der Waals surface area contributed by atoms with Gasteiger partial charge in [0.05, 0.1) is 5.41 Å². The highest BCUT2D eigenvalue weighted by Gasteiger charge is 2.51. The van der Waals surface area contributed by atoms with Gasteiger partial charge in [0.15, 0.2) is 0 Å². The van der Waals surface area contributed by atoms with Gasteiger partial charge in [-0.3, -0.25) is 0 Å². The lowest BCUT2D eigenvalue weighted by Crippen LogP contribution is -2.25. The van der Waals surface area contributed by atoms with Gasteiger partial charge in [-0.15, -0.1) is 11.3 Å². The van der Waals surface area contributed by atoms with Crippen LogP contribution in [0.3, 0.4) is 0 Å². The molecule has 6 aromatic carbocycles. The van der Waals surface area contributed by atoms with Crippen LogP contribution in [0.25, 0.3) is 53.6 Å². The summed E-state index contributed by atoms with van der Waals surface area (Å²) in [6.45, 7) is 0. The van der Waals surface area contributed by atoms with E-state index in [4.69, 9.17) is 0 Å². The fraction of sp³-hybridized carbons (Fsp3) is 0.0270. The van der Waals surface area contributed by atoms with Gasteiger partial charge in [-0.05, 0) is 86.0 Å². The van der Waals surface area contributed by atoms with Crippen molar-refractivity contribution in [2.75, 3.05) is 0 Å². The molecule has 7 aromatic rings. The average Bonchev–Trinajstić information content (AvgIpc) is 3.60. The molecule has 2 heteroatoms. The standard InChI is InChI=1S/C37H21BrS/c38-24-15-18-35-30(21-24)29-17-14-23(20-36(29)39-35)22-13-16-28-27-9-3-6-12-33(27)37(34(28)19-22)31-10-4-1-7-25(31)26-8-2-5-11-32(26)37/h1-21H. The second-order valence-electron chi connectivity index (χ2n) is 10.6. The fourth-order valence-electron chi connectivity index (χ4n) is 7.20. The van der Waals surface area contributed by atoms with E-state index in [0.29, 0.717) is 0 Å². The highest BCUT2D eigenvalue weighted by molar-refractivity contribution is 9.10. The lowest BCUT2D eigenvalue weighted by molar-refractivity contribution is 0.794. The Morgan fingerprint density at radius 1 is 0.436 bits per heavy atom. The highest BCUT2D eigenvalue weighted by atomic mass is 79.9. The summed E-state index contributed by atoms with van der Waals surface area (Å²) in [4.78, 5) is 0. The van der Waals surface area contributed by atoms with Crippen molar-refractivity contribution in [1.29, 1.82) is 0 Å². The summed E-state index contributed by atoms with van der Waals surface area (Å²) in [5.41, 5.74) is 13.2. The van der Waals surface area contributed by atoms with Gasteiger partial charge in [-0.1, -0.05) is 113 Å². The summed E-state index contributed by atoms with van der Waals surface area (Å²) in [7, 11) is 0. The van der Waals surface area contributed by atoms with Crippen LogP contribution in [0.15, 0.2) is 132 Å². The third-order valence-corrected chi connectivity index (χ3v) is 10.4. The van der Waals surface area contributed by atoms with E-state index < -0.39 is 0 Å². The quantitative estimate of drug-likeness (QED) is 0.182. The Bertz CT molecular complexity index is 2080. The zero-order chi connectivity index (χ0) is 25.7. The van der Waals surface area contributed by atoms with E-state index in [-0.39, 0.29) is 5.41 Å². The van der Waals surface area contributed by atoms with E-state index in [9.17, 15) is 0 Å². The van der Waals surface area contributed by atoms with Gasteiger partial charge < -0.3 is 0 Å². The Kier molecular flexibility index (Phi) is 4.37. The topological polar surface area (TPSA) is 0 Å². The minimum Gasteiger partial charge on any atom is -0.135 e. The van der Waals surface area contributed by atoms with E-state index in [0.717, 1.165) is 4.47 Å². The third kappa shape index (κ3) is 2.78. The minimum atomic E-state index is -0.302. The number of halogens is 1. The summed E-state index contributed by atoms with van der Waals surface area (Å²) >= 11 is 5.53. The molecule has 0 nitrogen and oxygen atoms in total. The molecule has 1 heterocycles. The largest absolute Gasteiger partial charge is 0.135 e. The molecule has 0 aliphatic heterocycles. The molecule has 0 amide bonds. The fourth-order valence-corrected chi connectivity index (χ4v) is 8.69. The number of hydrogen-bond acceptors (Lipinski definition) is 1. The molecule has 1 spiro atoms. The molecule has 2 aliphatic carbocycles. The lowest BCUT2D eigenvalue weighted by atomic mass is 9.70. The second-order valence-corrected chi connectivity index (χ2v) is 12.6. The Balaban J connectivity index is 1.33. The van der Waals surface area contributed by atoms with Crippen LogP contribution >= 0.6 is 27.3 Å². The smallest absolute Gasteiger partial charge is 0.0725 e. The first-order valence-corrected chi connectivity index (χ1v) is 14.9. The summed E-state index contributed by atoms with van der Waals surface area (Å²) in [6, 6.07) is 47.7. The van der Waals surface area contributed by atoms with Crippen molar-refractivity contribution >= 4 is 47.4 Å². The maximum atomic E-state index is 3.65. The van der Waals surface area contributed by atoms with Crippen molar-refractivity contribution in [2.45, 2.75) is 5.41 Å². The molecule has 1 aromatic heterocycles. The molecule has 39 heavy (non-hydrogen) atoms. The zero-order valence-electron chi connectivity index (χ0n) is 20.9. The Labute approximate surface area is 239 Å². The van der Waals surface area contributed by atoms with Gasteiger partial charge in [-0.2, -0.15) is 0 Å². The van der Waals surface area contributed by atoms with E-state index in [1.165, 1.54) is 75.8 Å². The summed E-state index contributed by atoms with van der Waals surface area (Å²) in [6.07, 6.45) is 0. The summed E-state index contributed by atoms with van der Waals surface area (Å²) in [5.74, 6) is 0. The summed E-state index contributed by atoms with van der Waals surface area (Å²) < 4.78 is 3.78. The van der Waals surface area contributed by atoms with E-state index in [2.05, 4.69) is 143 Å². The summed E-state index contributed by atoms with van der Waals surface area (Å²) in [5, 5.41) is 2.64. The first kappa shape index (κ1) is 21.9. The first-order chi connectivity index (χ1) is 19.2. The van der Waals surface area contributed by atoms with Gasteiger partial charge in [0.25, 0.3) is 0 Å². The van der Waals surface area contributed by atoms with Crippen LogP contribution in [0.2, 0.25) is 0 Å². The Morgan fingerprint density at radius 2 is 1.00 bits per heavy atom. The molecule has 182 valence electrons. The molecule has 9 rings (SSSR count). The number of fused-ring (bicyclic) bond motifs is 13. The maximum absolute atomic E-state index is 3.65. The molecule has 0 atom stereocenters. The Hall–Kier alpha value is -3.98. The van der Waals surface area contributed by atoms with Crippen LogP contribution in [0, 0.1) is 0 Å². The van der Waals surface area contributed by atoms with Crippen LogP contribution in [-0.4, -0.2) is 0 Å². The molecule has 0 unspecified atom stereocenters. The van der Waals surface area contributed by atoms with Crippen LogP contribution < -0.4 is 0 Å². The average molecular weight is 578 g/mol. The molecule has 0 saturated heterocycles. The number of benzene rings is 6. The molecule has 0 bridgehead atoms. The van der Waals surface area contributed by atoms with Crippen molar-refractivity contribution in [3.8, 4) is 33.4 Å². The third-order valence-electron chi connectivity index (χ3n) is 8.76. The SMILES string of the molecule is Brc1ccc2sc3cc(-c4ccc5c(c4)C4(c6ccccc6-c6ccccc64)c4ccccc4-5)ccc3c2c1. The highest BCUT2D eigenvalue weighted by Crippen LogP contribution is 2.63. The van der Waals surface area contributed by atoms with Gasteiger partial charge >= 0.3 is 0 Å². The Morgan fingerprint density at radius 3 is 1.67 bits per heavy atom. The van der Waals surface area contributed by atoms with Crippen LogP contribution in [-0.2, 0) is 5.41 Å². The van der Waals surface area contributed by atoms with Gasteiger partial charge in [0.2, 0.25) is 0 Å². The van der Waals surface area contributed by atoms with Crippen molar-refractivity contribution in [3.63, 3.8) is 0 Å². The molecule has 0 radical (unpaired) electrons. The monoisotopic (exact) mass is 576 g/mol. The molecule has 0 fully saturated rings. The molecular weight excluding hydrogens is 556 g/mol. The lowest BCUT2D eigenvalue weighted by Gasteiger charge is -2.30. The predicted octanol–water partition coefficient (Wildman–Crippen LogP) is 10.8. The van der Waals surface area contributed by atoms with Crippen LogP contribution in [0.4, 0.5) is 0 Å². The first-order valence-electron chi connectivity index (χ1n) is 13.3. The van der Waals surface area contributed by atoms with Crippen LogP contribution in [0.5, 0.6) is 0 Å². The molecule has 0 N–H and O–H groups in total. The van der Waals surface area contributed by atoms with Crippen molar-refractivity contribution < 1.29 is 0 Å². The van der Waals surface area contributed by atoms with Gasteiger partial charge in [0.1, 0.15) is 0 Å². The molecule has 2 aliphatic rings. The predicted molar refractivity (Wildman–Crippen MR) is 169 cm³/mol. The van der Waals surface area contributed by atoms with Gasteiger partial charge in [-0.25, -0.2) is 0 Å². The van der Waals surface area contributed by atoms with E-state index in [1.807, 2.05) is 11.3 Å². The zero-order valence-corrected chi connectivity index (χ0v) is 23.3. The van der Waals surface area contributed by atoms with Crippen molar-refractivity contribution in [1.82, 2.24) is 0 Å². The van der Waals surface area contributed by atoms with Crippen molar-refractivity contribution in [2.24, 2.45) is 0 Å². The second kappa shape index (κ2) is 7.79. The van der Waals surface area contributed by atoms with Crippen molar-refractivity contribution in [3.05, 3.63) is 154 Å². The van der Waals surface area contributed by atoms with Crippen LogP contribution in [0.1, 0.15) is 22.3 Å². The van der Waals surface area contributed by atoms with Gasteiger partial charge in [0, 0.05) is 24.6 Å². The van der Waals surface area contributed by atoms with E-state index in [1.54, 1.807) is 0 Å². The minimum absolute atomic E-state index is 0.302. The van der Waals surface area contributed by atoms with E-state index >= 15 is 0 Å². The number of rotatable bonds is 1. The molecule has 0 saturated carbocycles. The molecular formula is C37H21BrS. The normalized spacial score (nSPS) is 14.0. The maximum Gasteiger partial charge on any atom is 0.0725 e. The number of thiophene rings is 1. The number of hydrogen-bond donors (Lipinski definition) is 0.